The van der Waals surface area contributed by atoms with Crippen molar-refractivity contribution in [1.82, 2.24) is 25.9 Å². The molecule has 1 fully saturated rings. The van der Waals surface area contributed by atoms with Crippen LogP contribution in [0.4, 0.5) is 26.3 Å². The van der Waals surface area contributed by atoms with Crippen LogP contribution in [0.25, 0.3) is 12.2 Å². The summed E-state index contributed by atoms with van der Waals surface area (Å²) < 4.78 is 76.7. The van der Waals surface area contributed by atoms with Crippen LogP contribution in [0.15, 0.2) is 94.2 Å². The summed E-state index contributed by atoms with van der Waals surface area (Å²) in [4.78, 5) is 20.4. The number of hydrogen-bond acceptors (Lipinski definition) is 7. The number of nitrogens with one attached hydrogen (secondary N) is 3. The van der Waals surface area contributed by atoms with Gasteiger partial charge in [-0.25, -0.2) is 20.5 Å². The van der Waals surface area contributed by atoms with E-state index >= 15 is 0 Å². The fraction of sp³-hybridized carbons (Fsp3) is 0.294. The quantitative estimate of drug-likeness (QED) is 0.0738. The molecule has 2 aliphatic heterocycles. The smallest absolute Gasteiger partial charge is 0.354 e. The minimum absolute atomic E-state index is 0.00266. The first-order valence-corrected chi connectivity index (χ1v) is 16.0. The summed E-state index contributed by atoms with van der Waals surface area (Å²) >= 11 is 5.68. The maximum Gasteiger partial charge on any atom is 0.416 e. The van der Waals surface area contributed by atoms with Gasteiger partial charge < -0.3 is 15.5 Å². The normalized spacial score (nSPS) is 16.5. The summed E-state index contributed by atoms with van der Waals surface area (Å²) in [6.45, 7) is 7.25. The SMILES string of the molecule is CC1(C)CN=C(NN=C(/C=C/c2ccc(C(F)(F)F)cc2)/C=C/c2ccc(C(F)(F)F)cc2)NC1.O=[N+]([O-])/N=C1\NCCN1Cc1ccc(Cl)nc1. The van der Waals surface area contributed by atoms with Crippen LogP contribution >= 0.6 is 11.6 Å². The predicted molar refractivity (Wildman–Crippen MR) is 188 cm³/mol. The third kappa shape index (κ3) is 12.7. The van der Waals surface area contributed by atoms with Gasteiger partial charge in [0.25, 0.3) is 5.96 Å². The van der Waals surface area contributed by atoms with E-state index in [0.29, 0.717) is 60.7 Å². The maximum absolute atomic E-state index is 12.8. The van der Waals surface area contributed by atoms with Crippen LogP contribution < -0.4 is 16.1 Å². The number of nitrogens with zero attached hydrogens (tertiary/aromatic N) is 6. The second-order valence-electron chi connectivity index (χ2n) is 12.2. The van der Waals surface area contributed by atoms with Gasteiger partial charge in [0.1, 0.15) is 10.3 Å². The predicted octanol–water partition coefficient (Wildman–Crippen LogP) is 7.07. The Hall–Kier alpha value is -5.45. The molecule has 11 nitrogen and oxygen atoms in total. The number of guanidine groups is 2. The number of aromatic nitrogens is 1. The number of halogens is 7. The highest BCUT2D eigenvalue weighted by Crippen LogP contribution is 2.30. The molecule has 52 heavy (non-hydrogen) atoms. The van der Waals surface area contributed by atoms with E-state index in [9.17, 15) is 36.5 Å². The van der Waals surface area contributed by atoms with Gasteiger partial charge in [0.05, 0.1) is 16.8 Å². The van der Waals surface area contributed by atoms with Gasteiger partial charge in [-0.1, -0.05) is 67.9 Å². The van der Waals surface area contributed by atoms with Crippen LogP contribution in [0.1, 0.15) is 41.7 Å². The zero-order chi connectivity index (χ0) is 37.9. The Bertz CT molecular complexity index is 1750. The van der Waals surface area contributed by atoms with Gasteiger partial charge in [0.2, 0.25) is 5.96 Å². The molecule has 0 amide bonds. The Kier molecular flexibility index (Phi) is 13.0. The number of benzene rings is 2. The van der Waals surface area contributed by atoms with E-state index < -0.39 is 28.5 Å². The van der Waals surface area contributed by atoms with E-state index in [1.165, 1.54) is 24.3 Å². The minimum Gasteiger partial charge on any atom is -0.354 e. The number of hydrazone groups is 2. The average molecular weight is 750 g/mol. The third-order valence-corrected chi connectivity index (χ3v) is 7.59. The van der Waals surface area contributed by atoms with Crippen LogP contribution in [0.2, 0.25) is 5.15 Å². The summed E-state index contributed by atoms with van der Waals surface area (Å²) in [5.74, 6) is 0.748. The van der Waals surface area contributed by atoms with Crippen LogP contribution in [0.5, 0.6) is 0 Å². The van der Waals surface area contributed by atoms with E-state index in [1.807, 2.05) is 6.07 Å². The molecule has 1 saturated heterocycles. The first-order chi connectivity index (χ1) is 24.5. The average Bonchev–Trinajstić information content (AvgIpc) is 3.51. The van der Waals surface area contributed by atoms with Crippen LogP contribution in [0.3, 0.4) is 0 Å². The van der Waals surface area contributed by atoms with E-state index in [2.05, 4.69) is 50.1 Å². The largest absolute Gasteiger partial charge is 0.416 e. The first-order valence-electron chi connectivity index (χ1n) is 15.6. The lowest BCUT2D eigenvalue weighted by molar-refractivity contribution is -0.485. The molecule has 0 atom stereocenters. The van der Waals surface area contributed by atoms with Crippen LogP contribution in [-0.2, 0) is 18.9 Å². The molecule has 0 spiro atoms. The Labute approximate surface area is 300 Å². The van der Waals surface area contributed by atoms with Gasteiger partial charge in [-0.2, -0.15) is 31.4 Å². The van der Waals surface area contributed by atoms with E-state index in [0.717, 1.165) is 29.8 Å². The lowest BCUT2D eigenvalue weighted by Gasteiger charge is -2.28. The number of alkyl halides is 6. The second-order valence-corrected chi connectivity index (χ2v) is 12.6. The topological polar surface area (TPSA) is 132 Å². The van der Waals surface area contributed by atoms with Gasteiger partial charge in [0.15, 0.2) is 5.03 Å². The molecule has 276 valence electrons. The highest BCUT2D eigenvalue weighted by atomic mass is 35.5. The van der Waals surface area contributed by atoms with Crippen LogP contribution in [0, 0.1) is 15.5 Å². The molecule has 0 radical (unpaired) electrons. The summed E-state index contributed by atoms with van der Waals surface area (Å²) in [5, 5.41) is 23.6. The number of pyridine rings is 1. The number of hydrogen-bond donors (Lipinski definition) is 3. The number of aliphatic imine (C=N–C) groups is 1. The summed E-state index contributed by atoms with van der Waals surface area (Å²) in [5.41, 5.74) is 3.65. The second kappa shape index (κ2) is 17.2. The molecular formula is C34H34ClF6N9O2. The fourth-order valence-electron chi connectivity index (χ4n) is 4.55. The Morgan fingerprint density at radius 2 is 1.54 bits per heavy atom. The van der Waals surface area contributed by atoms with Crippen molar-refractivity contribution in [2.24, 2.45) is 20.6 Å². The van der Waals surface area contributed by atoms with Crippen molar-refractivity contribution in [2.75, 3.05) is 26.2 Å². The van der Waals surface area contributed by atoms with Gasteiger partial charge >= 0.3 is 12.4 Å². The maximum atomic E-state index is 12.8. The van der Waals surface area contributed by atoms with Gasteiger partial charge in [-0.3, -0.25) is 4.99 Å². The molecule has 0 bridgehead atoms. The highest BCUT2D eigenvalue weighted by molar-refractivity contribution is 6.29. The molecular weight excluding hydrogens is 716 g/mol. The van der Waals surface area contributed by atoms with Gasteiger partial charge in [-0.05, 0) is 59.2 Å². The van der Waals surface area contributed by atoms with Crippen molar-refractivity contribution in [3.63, 3.8) is 0 Å². The van der Waals surface area contributed by atoms with Gasteiger partial charge in [-0.15, -0.1) is 0 Å². The van der Waals surface area contributed by atoms with Crippen molar-refractivity contribution in [1.29, 1.82) is 0 Å². The molecule has 3 heterocycles. The van der Waals surface area contributed by atoms with Crippen molar-refractivity contribution in [3.8, 4) is 0 Å². The van der Waals surface area contributed by atoms with Crippen LogP contribution in [-0.4, -0.2) is 58.7 Å². The Balaban J connectivity index is 0.000000296. The van der Waals surface area contributed by atoms with Gasteiger partial charge in [0, 0.05) is 44.3 Å². The third-order valence-electron chi connectivity index (χ3n) is 7.36. The lowest BCUT2D eigenvalue weighted by atomic mass is 9.93. The minimum atomic E-state index is -4.43. The Morgan fingerprint density at radius 1 is 0.962 bits per heavy atom. The number of allylic oxidation sites excluding steroid dienone is 2. The molecule has 2 aromatic carbocycles. The van der Waals surface area contributed by atoms with Crippen molar-refractivity contribution in [2.45, 2.75) is 32.7 Å². The van der Waals surface area contributed by atoms with E-state index in [4.69, 9.17) is 11.6 Å². The molecule has 1 aromatic heterocycles. The Morgan fingerprint density at radius 3 is 2.00 bits per heavy atom. The fourth-order valence-corrected chi connectivity index (χ4v) is 4.66. The standard InChI is InChI=1S/C25H24F6N4.C9H10ClN5O2/c1-23(2)15-32-22(33-16-23)35-34-21(13-7-17-3-9-19(10-4-17)24(26,27)28)14-8-18-5-11-20(12-6-18)25(29,30)31;10-8-2-1-7(5-12-8)6-14-4-3-11-9(14)13-15(16)17/h3-14H,15-16H2,1-2H3,(H2,32,33,35);1-2,5H,3-4,6H2,(H,11,13)/b13-7+,14-8+;. The van der Waals surface area contributed by atoms with Crippen molar-refractivity contribution in [3.05, 3.63) is 122 Å². The first kappa shape index (κ1) is 39.3. The number of nitro groups is 1. The lowest BCUT2D eigenvalue weighted by Crippen LogP contribution is -2.46. The molecule has 3 N–H and O–H groups in total. The van der Waals surface area contributed by atoms with Crippen molar-refractivity contribution >= 4 is 41.4 Å². The molecule has 0 saturated carbocycles. The monoisotopic (exact) mass is 749 g/mol. The zero-order valence-electron chi connectivity index (χ0n) is 27.8. The highest BCUT2D eigenvalue weighted by Gasteiger charge is 2.30. The van der Waals surface area contributed by atoms with E-state index in [-0.39, 0.29) is 11.4 Å². The molecule has 3 aromatic rings. The molecule has 0 unspecified atom stereocenters. The van der Waals surface area contributed by atoms with Crippen molar-refractivity contribution < 1.29 is 31.4 Å². The summed E-state index contributed by atoms with van der Waals surface area (Å²) in [6, 6.07) is 12.8. The summed E-state index contributed by atoms with van der Waals surface area (Å²) in [6.07, 6.45) is -0.900. The number of rotatable bonds is 8. The molecule has 0 aliphatic carbocycles. The molecule has 18 heteroatoms. The summed E-state index contributed by atoms with van der Waals surface area (Å²) in [7, 11) is 0. The molecule has 5 rings (SSSR count). The zero-order valence-corrected chi connectivity index (χ0v) is 28.6. The van der Waals surface area contributed by atoms with E-state index in [1.54, 1.807) is 41.5 Å². The molecule has 2 aliphatic rings.